The van der Waals surface area contributed by atoms with Crippen LogP contribution in [0.25, 0.3) is 10.9 Å². The van der Waals surface area contributed by atoms with Crippen molar-refractivity contribution in [3.05, 3.63) is 106 Å². The van der Waals surface area contributed by atoms with Crippen LogP contribution in [0.5, 0.6) is 0 Å². The highest BCUT2D eigenvalue weighted by Crippen LogP contribution is 2.19. The van der Waals surface area contributed by atoms with Crippen LogP contribution >= 0.6 is 11.8 Å². The lowest BCUT2D eigenvalue weighted by Crippen LogP contribution is -2.30. The number of aromatic nitrogens is 2. The Hall–Kier alpha value is -3.98. The van der Waals surface area contributed by atoms with Gasteiger partial charge in [0.1, 0.15) is 5.82 Å². The molecule has 37 heavy (non-hydrogen) atoms. The molecule has 0 bridgehead atoms. The minimum absolute atomic E-state index is 0.0295. The Labute approximate surface area is 218 Å². The van der Waals surface area contributed by atoms with Gasteiger partial charge in [-0.1, -0.05) is 48.2 Å². The molecule has 1 heterocycles. The molecule has 0 aliphatic heterocycles. The summed E-state index contributed by atoms with van der Waals surface area (Å²) >= 11 is 1.17. The Morgan fingerprint density at radius 2 is 1.65 bits per heavy atom. The van der Waals surface area contributed by atoms with Crippen molar-refractivity contribution in [2.45, 2.75) is 38.1 Å². The summed E-state index contributed by atoms with van der Waals surface area (Å²) in [6.07, 6.45) is 0. The van der Waals surface area contributed by atoms with Gasteiger partial charge in [-0.25, -0.2) is 9.37 Å². The van der Waals surface area contributed by atoms with E-state index in [-0.39, 0.29) is 48.1 Å². The molecule has 0 unspecified atom stereocenters. The average molecular weight is 519 g/mol. The van der Waals surface area contributed by atoms with Gasteiger partial charge in [0, 0.05) is 18.2 Å². The first-order chi connectivity index (χ1) is 17.8. The lowest BCUT2D eigenvalue weighted by molar-refractivity contribution is -0.118. The summed E-state index contributed by atoms with van der Waals surface area (Å²) in [7, 11) is 0. The zero-order chi connectivity index (χ0) is 26.4. The number of benzene rings is 3. The van der Waals surface area contributed by atoms with Crippen molar-refractivity contribution < 1.29 is 14.0 Å². The van der Waals surface area contributed by atoms with E-state index in [2.05, 4.69) is 15.6 Å². The maximum absolute atomic E-state index is 13.3. The van der Waals surface area contributed by atoms with E-state index in [0.29, 0.717) is 21.6 Å². The van der Waals surface area contributed by atoms with Gasteiger partial charge in [-0.2, -0.15) is 0 Å². The SMILES string of the molecule is CC(C)NC(=O)c1ccc(Cn2c(SCC(=O)NCc3ccc(F)cc3)nc3ccccc3c2=O)cc1. The minimum atomic E-state index is -0.334. The summed E-state index contributed by atoms with van der Waals surface area (Å²) in [5.41, 5.74) is 2.49. The largest absolute Gasteiger partial charge is 0.351 e. The van der Waals surface area contributed by atoms with Crippen LogP contribution in [0.15, 0.2) is 82.7 Å². The van der Waals surface area contributed by atoms with Gasteiger partial charge in [0.15, 0.2) is 5.16 Å². The molecule has 190 valence electrons. The summed E-state index contributed by atoms with van der Waals surface area (Å²) in [6, 6.07) is 20.1. The van der Waals surface area contributed by atoms with E-state index in [1.54, 1.807) is 59.2 Å². The molecule has 0 saturated carbocycles. The highest BCUT2D eigenvalue weighted by molar-refractivity contribution is 7.99. The molecule has 2 amide bonds. The minimum Gasteiger partial charge on any atom is -0.351 e. The van der Waals surface area contributed by atoms with Gasteiger partial charge in [-0.3, -0.25) is 19.0 Å². The topological polar surface area (TPSA) is 93.1 Å². The van der Waals surface area contributed by atoms with Crippen molar-refractivity contribution in [3.63, 3.8) is 0 Å². The number of rotatable bonds is 9. The van der Waals surface area contributed by atoms with Crippen molar-refractivity contribution >= 4 is 34.5 Å². The van der Waals surface area contributed by atoms with Crippen LogP contribution in [-0.4, -0.2) is 33.2 Å². The molecule has 3 aromatic carbocycles. The van der Waals surface area contributed by atoms with E-state index in [0.717, 1.165) is 11.1 Å². The molecule has 1 aromatic heterocycles. The molecule has 0 saturated heterocycles. The number of carbonyl (C=O) groups excluding carboxylic acids is 2. The standard InChI is InChI=1S/C28H27FN4O3S/c1-18(2)31-26(35)21-11-7-20(8-12-21)16-33-27(36)23-5-3-4-6-24(23)32-28(33)37-17-25(34)30-15-19-9-13-22(29)14-10-19/h3-14,18H,15-17H2,1-2H3,(H,30,34)(H,31,35). The van der Waals surface area contributed by atoms with Crippen LogP contribution in [0.1, 0.15) is 35.3 Å². The zero-order valence-corrected chi connectivity index (χ0v) is 21.3. The van der Waals surface area contributed by atoms with Crippen molar-refractivity contribution in [1.29, 1.82) is 0 Å². The number of halogens is 1. The fourth-order valence-corrected chi connectivity index (χ4v) is 4.50. The molecule has 0 radical (unpaired) electrons. The first kappa shape index (κ1) is 26.1. The molecule has 0 aliphatic carbocycles. The number of hydrogen-bond donors (Lipinski definition) is 2. The summed E-state index contributed by atoms with van der Waals surface area (Å²) in [6.45, 7) is 4.30. The second kappa shape index (κ2) is 11.8. The van der Waals surface area contributed by atoms with Crippen molar-refractivity contribution in [2.75, 3.05) is 5.75 Å². The molecule has 2 N–H and O–H groups in total. The van der Waals surface area contributed by atoms with Gasteiger partial charge in [-0.05, 0) is 61.4 Å². The highest BCUT2D eigenvalue weighted by atomic mass is 32.2. The van der Waals surface area contributed by atoms with Crippen LogP contribution in [0.2, 0.25) is 0 Å². The van der Waals surface area contributed by atoms with E-state index in [4.69, 9.17) is 0 Å². The molecule has 4 aromatic rings. The third-order valence-electron chi connectivity index (χ3n) is 5.54. The van der Waals surface area contributed by atoms with E-state index in [1.165, 1.54) is 23.9 Å². The lowest BCUT2D eigenvalue weighted by Gasteiger charge is -2.14. The number of para-hydroxylation sites is 1. The number of thioether (sulfide) groups is 1. The van der Waals surface area contributed by atoms with Crippen LogP contribution in [0, 0.1) is 5.82 Å². The van der Waals surface area contributed by atoms with E-state index >= 15 is 0 Å². The van der Waals surface area contributed by atoms with Crippen molar-refractivity contribution in [3.8, 4) is 0 Å². The van der Waals surface area contributed by atoms with Gasteiger partial charge < -0.3 is 10.6 Å². The molecule has 0 fully saturated rings. The first-order valence-corrected chi connectivity index (χ1v) is 12.8. The Kier molecular flexibility index (Phi) is 8.35. The van der Waals surface area contributed by atoms with Crippen LogP contribution in [0.4, 0.5) is 4.39 Å². The Morgan fingerprint density at radius 1 is 0.973 bits per heavy atom. The third-order valence-corrected chi connectivity index (χ3v) is 6.51. The van der Waals surface area contributed by atoms with Gasteiger partial charge in [0.25, 0.3) is 11.5 Å². The number of carbonyl (C=O) groups is 2. The Balaban J connectivity index is 1.52. The molecular formula is C28H27FN4O3S. The summed E-state index contributed by atoms with van der Waals surface area (Å²) in [5.74, 6) is -0.669. The quantitative estimate of drug-likeness (QED) is 0.257. The van der Waals surface area contributed by atoms with Crippen LogP contribution < -0.4 is 16.2 Å². The lowest BCUT2D eigenvalue weighted by atomic mass is 10.1. The second-order valence-corrected chi connectivity index (χ2v) is 9.76. The molecule has 7 nitrogen and oxygen atoms in total. The Morgan fingerprint density at radius 3 is 2.35 bits per heavy atom. The number of amides is 2. The number of hydrogen-bond acceptors (Lipinski definition) is 5. The molecule has 4 rings (SSSR count). The normalized spacial score (nSPS) is 11.0. The first-order valence-electron chi connectivity index (χ1n) is 11.8. The number of nitrogens with one attached hydrogen (secondary N) is 2. The van der Waals surface area contributed by atoms with E-state index < -0.39 is 0 Å². The van der Waals surface area contributed by atoms with Crippen molar-refractivity contribution in [2.24, 2.45) is 0 Å². The fraction of sp³-hybridized carbons (Fsp3) is 0.214. The molecular weight excluding hydrogens is 491 g/mol. The second-order valence-electron chi connectivity index (χ2n) is 8.82. The monoisotopic (exact) mass is 518 g/mol. The summed E-state index contributed by atoms with van der Waals surface area (Å²) in [4.78, 5) is 42.7. The highest BCUT2D eigenvalue weighted by Gasteiger charge is 2.14. The predicted molar refractivity (Wildman–Crippen MR) is 143 cm³/mol. The summed E-state index contributed by atoms with van der Waals surface area (Å²) in [5, 5.41) is 6.56. The third kappa shape index (κ3) is 6.83. The average Bonchev–Trinajstić information content (AvgIpc) is 2.89. The maximum Gasteiger partial charge on any atom is 0.262 e. The molecule has 0 aliphatic rings. The van der Waals surface area contributed by atoms with Gasteiger partial charge >= 0.3 is 0 Å². The van der Waals surface area contributed by atoms with Crippen molar-refractivity contribution in [1.82, 2.24) is 20.2 Å². The molecule has 0 spiro atoms. The number of nitrogens with zero attached hydrogens (tertiary/aromatic N) is 2. The molecule has 0 atom stereocenters. The smallest absolute Gasteiger partial charge is 0.262 e. The van der Waals surface area contributed by atoms with E-state index in [9.17, 15) is 18.8 Å². The summed E-state index contributed by atoms with van der Waals surface area (Å²) < 4.78 is 14.6. The fourth-order valence-electron chi connectivity index (χ4n) is 3.67. The number of fused-ring (bicyclic) bond motifs is 1. The van der Waals surface area contributed by atoms with Gasteiger partial charge in [0.05, 0.1) is 23.2 Å². The molecule has 9 heteroatoms. The van der Waals surface area contributed by atoms with Crippen LogP contribution in [0.3, 0.4) is 0 Å². The van der Waals surface area contributed by atoms with Crippen LogP contribution in [-0.2, 0) is 17.9 Å². The van der Waals surface area contributed by atoms with E-state index in [1.807, 2.05) is 19.9 Å². The maximum atomic E-state index is 13.3. The zero-order valence-electron chi connectivity index (χ0n) is 20.5. The predicted octanol–water partition coefficient (Wildman–Crippen LogP) is 4.13. The Bertz CT molecular complexity index is 1470. The van der Waals surface area contributed by atoms with Gasteiger partial charge in [-0.15, -0.1) is 0 Å². The van der Waals surface area contributed by atoms with Gasteiger partial charge in [0.2, 0.25) is 5.91 Å².